The summed E-state index contributed by atoms with van der Waals surface area (Å²) < 4.78 is 5.15. The zero-order valence-corrected chi connectivity index (χ0v) is 7.60. The van der Waals surface area contributed by atoms with Crippen LogP contribution in [0.2, 0.25) is 0 Å². The highest BCUT2D eigenvalue weighted by molar-refractivity contribution is 5.38. The molecule has 0 aromatic carbocycles. The summed E-state index contributed by atoms with van der Waals surface area (Å²) in [5, 5.41) is 8.66. The van der Waals surface area contributed by atoms with Crippen molar-refractivity contribution in [2.75, 3.05) is 24.7 Å². The molecule has 0 unspecified atom stereocenters. The maximum Gasteiger partial charge on any atom is 0.225 e. The van der Waals surface area contributed by atoms with Gasteiger partial charge in [-0.2, -0.15) is 9.97 Å². The van der Waals surface area contributed by atoms with Crippen LogP contribution in [0.4, 0.5) is 11.8 Å². The predicted molar refractivity (Wildman–Crippen MR) is 52.6 cm³/mol. The number of hydrogen-bond acceptors (Lipinski definition) is 6. The predicted octanol–water partition coefficient (Wildman–Crippen LogP) is -0.432. The Hall–Kier alpha value is -1.82. The molecule has 0 aliphatic carbocycles. The summed E-state index contributed by atoms with van der Waals surface area (Å²) in [6.45, 7) is 3.60. The van der Waals surface area contributed by atoms with E-state index in [0.717, 1.165) is 0 Å². The number of nitrogen functional groups attached to an aromatic ring is 2. The molecule has 6 heteroatoms. The van der Waals surface area contributed by atoms with Gasteiger partial charge in [0.1, 0.15) is 12.4 Å². The van der Waals surface area contributed by atoms with Crippen LogP contribution in [-0.4, -0.2) is 28.3 Å². The van der Waals surface area contributed by atoms with E-state index in [1.165, 1.54) is 6.07 Å². The van der Waals surface area contributed by atoms with Crippen LogP contribution in [0.3, 0.4) is 0 Å². The summed E-state index contributed by atoms with van der Waals surface area (Å²) in [5.41, 5.74) is 11.3. The third kappa shape index (κ3) is 2.91. The molecule has 1 aromatic heterocycles. The van der Waals surface area contributed by atoms with Crippen LogP contribution in [-0.2, 0) is 0 Å². The van der Waals surface area contributed by atoms with Gasteiger partial charge < -0.3 is 21.3 Å². The first-order chi connectivity index (χ1) is 6.61. The van der Waals surface area contributed by atoms with Crippen molar-refractivity contribution in [2.45, 2.75) is 0 Å². The largest absolute Gasteiger partial charge is 0.473 e. The van der Waals surface area contributed by atoms with Crippen LogP contribution in [0.15, 0.2) is 18.2 Å². The molecule has 0 radical (unpaired) electrons. The van der Waals surface area contributed by atoms with Crippen molar-refractivity contribution in [2.24, 2.45) is 0 Å². The van der Waals surface area contributed by atoms with Crippen molar-refractivity contribution in [1.29, 1.82) is 0 Å². The van der Waals surface area contributed by atoms with Crippen LogP contribution in [0, 0.1) is 0 Å². The van der Waals surface area contributed by atoms with E-state index in [2.05, 4.69) is 16.5 Å². The molecule has 0 bridgehead atoms. The number of anilines is 2. The second kappa shape index (κ2) is 4.43. The Bertz CT molecular complexity index is 320. The lowest BCUT2D eigenvalue weighted by Gasteiger charge is -2.06. The molecule has 0 aliphatic heterocycles. The van der Waals surface area contributed by atoms with Gasteiger partial charge in [-0.05, 0) is 5.57 Å². The first-order valence-corrected chi connectivity index (χ1v) is 3.92. The Balaban J connectivity index is 2.63. The second-order valence-corrected chi connectivity index (χ2v) is 2.69. The summed E-state index contributed by atoms with van der Waals surface area (Å²) in [5.74, 6) is 0.557. The number of aromatic nitrogens is 2. The third-order valence-electron chi connectivity index (χ3n) is 1.39. The van der Waals surface area contributed by atoms with Gasteiger partial charge in [-0.3, -0.25) is 0 Å². The number of nitrogens with two attached hydrogens (primary N) is 2. The number of aliphatic hydroxyl groups excluding tert-OH is 1. The Kier molecular flexibility index (Phi) is 3.24. The fraction of sp³-hybridized carbons (Fsp3) is 0.250. The van der Waals surface area contributed by atoms with Gasteiger partial charge in [0, 0.05) is 6.07 Å². The van der Waals surface area contributed by atoms with Gasteiger partial charge in [-0.25, -0.2) is 0 Å². The molecule has 76 valence electrons. The zero-order valence-electron chi connectivity index (χ0n) is 7.60. The molecule has 0 fully saturated rings. The fourth-order valence-electron chi connectivity index (χ4n) is 0.757. The molecule has 6 nitrogen and oxygen atoms in total. The lowest BCUT2D eigenvalue weighted by Crippen LogP contribution is -2.07. The molecule has 0 aliphatic rings. The first kappa shape index (κ1) is 10.3. The standard InChI is InChI=1S/C8H12N4O2/c1-5(3-13)4-14-7-2-6(9)11-8(10)12-7/h2,13H,1,3-4H2,(H4,9,10,11,12). The number of nitrogens with zero attached hydrogens (tertiary/aromatic N) is 2. The summed E-state index contributed by atoms with van der Waals surface area (Å²) in [7, 11) is 0. The molecule has 14 heavy (non-hydrogen) atoms. The maximum atomic E-state index is 8.66. The quantitative estimate of drug-likeness (QED) is 0.564. The summed E-state index contributed by atoms with van der Waals surface area (Å²) in [6, 6.07) is 1.45. The van der Waals surface area contributed by atoms with Gasteiger partial charge >= 0.3 is 0 Å². The van der Waals surface area contributed by atoms with Crippen molar-refractivity contribution >= 4 is 11.8 Å². The van der Waals surface area contributed by atoms with Crippen molar-refractivity contribution < 1.29 is 9.84 Å². The van der Waals surface area contributed by atoms with Crippen LogP contribution >= 0.6 is 0 Å². The van der Waals surface area contributed by atoms with E-state index in [9.17, 15) is 0 Å². The van der Waals surface area contributed by atoms with Gasteiger partial charge in [0.15, 0.2) is 0 Å². The van der Waals surface area contributed by atoms with Crippen LogP contribution in [0.5, 0.6) is 5.88 Å². The van der Waals surface area contributed by atoms with Crippen molar-refractivity contribution in [3.63, 3.8) is 0 Å². The van der Waals surface area contributed by atoms with E-state index < -0.39 is 0 Å². The highest BCUT2D eigenvalue weighted by atomic mass is 16.5. The minimum absolute atomic E-state index is 0.0506. The summed E-state index contributed by atoms with van der Waals surface area (Å²) in [6.07, 6.45) is 0. The lowest BCUT2D eigenvalue weighted by atomic mass is 10.3. The van der Waals surface area contributed by atoms with E-state index in [0.29, 0.717) is 5.57 Å². The first-order valence-electron chi connectivity index (χ1n) is 3.92. The van der Waals surface area contributed by atoms with Crippen molar-refractivity contribution in [1.82, 2.24) is 9.97 Å². The maximum absolute atomic E-state index is 8.66. The Morgan fingerprint density at radius 1 is 1.50 bits per heavy atom. The number of ether oxygens (including phenoxy) is 1. The van der Waals surface area contributed by atoms with Crippen LogP contribution in [0.1, 0.15) is 0 Å². The van der Waals surface area contributed by atoms with Crippen molar-refractivity contribution in [3.8, 4) is 5.88 Å². The molecule has 1 rings (SSSR count). The second-order valence-electron chi connectivity index (χ2n) is 2.69. The molecule has 0 atom stereocenters. The van der Waals surface area contributed by atoms with Crippen LogP contribution in [0.25, 0.3) is 0 Å². The molecular weight excluding hydrogens is 184 g/mol. The molecular formula is C8H12N4O2. The Labute approximate surface area is 81.2 Å². The number of hydrogen-bond donors (Lipinski definition) is 3. The van der Waals surface area contributed by atoms with Gasteiger partial charge in [0.05, 0.1) is 6.61 Å². The summed E-state index contributed by atoms with van der Waals surface area (Å²) >= 11 is 0. The van der Waals surface area contributed by atoms with Gasteiger partial charge in [0.2, 0.25) is 11.8 Å². The summed E-state index contributed by atoms with van der Waals surface area (Å²) in [4.78, 5) is 7.46. The lowest BCUT2D eigenvalue weighted by molar-refractivity contribution is 0.283. The molecule has 1 heterocycles. The van der Waals surface area contributed by atoms with E-state index in [1.807, 2.05) is 0 Å². The smallest absolute Gasteiger partial charge is 0.225 e. The molecule has 0 amide bonds. The third-order valence-corrected chi connectivity index (χ3v) is 1.39. The average Bonchev–Trinajstić information content (AvgIpc) is 2.12. The molecule has 0 spiro atoms. The van der Waals surface area contributed by atoms with Gasteiger partial charge in [-0.15, -0.1) is 0 Å². The number of rotatable bonds is 4. The highest BCUT2D eigenvalue weighted by Gasteiger charge is 2.01. The minimum atomic E-state index is -0.129. The highest BCUT2D eigenvalue weighted by Crippen LogP contribution is 2.12. The molecule has 1 aromatic rings. The number of aliphatic hydroxyl groups is 1. The van der Waals surface area contributed by atoms with Gasteiger partial charge in [-0.1, -0.05) is 6.58 Å². The topological polar surface area (TPSA) is 107 Å². The minimum Gasteiger partial charge on any atom is -0.473 e. The SMILES string of the molecule is C=C(CO)COc1cc(N)nc(N)n1. The van der Waals surface area contributed by atoms with E-state index in [4.69, 9.17) is 21.3 Å². The van der Waals surface area contributed by atoms with Crippen LogP contribution < -0.4 is 16.2 Å². The molecule has 5 N–H and O–H groups in total. The average molecular weight is 196 g/mol. The van der Waals surface area contributed by atoms with E-state index >= 15 is 0 Å². The van der Waals surface area contributed by atoms with Crippen molar-refractivity contribution in [3.05, 3.63) is 18.2 Å². The molecule has 0 saturated carbocycles. The normalized spacial score (nSPS) is 9.79. The van der Waals surface area contributed by atoms with E-state index in [1.54, 1.807) is 0 Å². The molecule has 0 saturated heterocycles. The zero-order chi connectivity index (χ0) is 10.6. The Morgan fingerprint density at radius 2 is 2.21 bits per heavy atom. The Morgan fingerprint density at radius 3 is 2.79 bits per heavy atom. The monoisotopic (exact) mass is 196 g/mol. The van der Waals surface area contributed by atoms with Gasteiger partial charge in [0.25, 0.3) is 0 Å². The van der Waals surface area contributed by atoms with E-state index in [-0.39, 0.29) is 30.9 Å². The fourth-order valence-corrected chi connectivity index (χ4v) is 0.757.